The van der Waals surface area contributed by atoms with Crippen LogP contribution in [0.25, 0.3) is 11.5 Å². The predicted molar refractivity (Wildman–Crippen MR) is 111 cm³/mol. The summed E-state index contributed by atoms with van der Waals surface area (Å²) in [5.41, 5.74) is 2.68. The van der Waals surface area contributed by atoms with Gasteiger partial charge in [-0.15, -0.1) is 10.2 Å². The summed E-state index contributed by atoms with van der Waals surface area (Å²) >= 11 is 7.72. The summed E-state index contributed by atoms with van der Waals surface area (Å²) in [5, 5.41) is 16.0. The van der Waals surface area contributed by atoms with Gasteiger partial charge in [-0.3, -0.25) is 9.69 Å². The molecule has 1 amide bonds. The van der Waals surface area contributed by atoms with Crippen LogP contribution in [-0.2, 0) is 4.79 Å². The van der Waals surface area contributed by atoms with Crippen LogP contribution in [0, 0.1) is 6.92 Å². The standard InChI is InChI=1S/C20H21ClN4O2S/c1-13-2-3-16(10-17(13)21)22-18(26)11-25-7-4-14(5-8-25)19-23-24-20(27-19)15-6-9-28-12-15/h2-3,6,9-10,12,14H,4-5,7-8,11H2,1H3,(H,22,26). The third kappa shape index (κ3) is 4.43. The first-order valence-electron chi connectivity index (χ1n) is 9.23. The van der Waals surface area contributed by atoms with E-state index in [2.05, 4.69) is 20.4 Å². The van der Waals surface area contributed by atoms with Crippen molar-refractivity contribution in [2.45, 2.75) is 25.7 Å². The van der Waals surface area contributed by atoms with Gasteiger partial charge in [0.05, 0.1) is 6.54 Å². The molecule has 0 radical (unpaired) electrons. The predicted octanol–water partition coefficient (Wildman–Crippen LogP) is 4.58. The van der Waals surface area contributed by atoms with E-state index in [0.29, 0.717) is 23.3 Å². The Bertz CT molecular complexity index is 949. The molecule has 1 saturated heterocycles. The van der Waals surface area contributed by atoms with E-state index in [0.717, 1.165) is 42.7 Å². The van der Waals surface area contributed by atoms with Gasteiger partial charge < -0.3 is 9.73 Å². The van der Waals surface area contributed by atoms with Crippen molar-refractivity contribution in [3.05, 3.63) is 51.5 Å². The Morgan fingerprint density at radius 2 is 2.14 bits per heavy atom. The lowest BCUT2D eigenvalue weighted by atomic mass is 9.97. The first kappa shape index (κ1) is 19.1. The average Bonchev–Trinajstić information content (AvgIpc) is 3.37. The van der Waals surface area contributed by atoms with Crippen molar-refractivity contribution in [3.8, 4) is 11.5 Å². The fourth-order valence-electron chi connectivity index (χ4n) is 3.31. The van der Waals surface area contributed by atoms with E-state index in [1.54, 1.807) is 17.4 Å². The lowest BCUT2D eigenvalue weighted by molar-refractivity contribution is -0.117. The summed E-state index contributed by atoms with van der Waals surface area (Å²) < 4.78 is 5.86. The van der Waals surface area contributed by atoms with E-state index in [-0.39, 0.29) is 11.8 Å². The summed E-state index contributed by atoms with van der Waals surface area (Å²) in [6.07, 6.45) is 1.80. The summed E-state index contributed by atoms with van der Waals surface area (Å²) in [6, 6.07) is 7.52. The Morgan fingerprint density at radius 3 is 2.86 bits per heavy atom. The molecule has 146 valence electrons. The van der Waals surface area contributed by atoms with Gasteiger partial charge in [-0.1, -0.05) is 17.7 Å². The molecule has 28 heavy (non-hydrogen) atoms. The highest BCUT2D eigenvalue weighted by atomic mass is 35.5. The Balaban J connectivity index is 1.28. The molecule has 1 N–H and O–H groups in total. The number of carbonyl (C=O) groups is 1. The summed E-state index contributed by atoms with van der Waals surface area (Å²) in [5.74, 6) is 1.49. The molecule has 3 heterocycles. The van der Waals surface area contributed by atoms with Crippen LogP contribution in [0.4, 0.5) is 5.69 Å². The second kappa shape index (κ2) is 8.43. The number of aryl methyl sites for hydroxylation is 1. The number of amides is 1. The van der Waals surface area contributed by atoms with Crippen LogP contribution >= 0.6 is 22.9 Å². The van der Waals surface area contributed by atoms with Gasteiger partial charge in [-0.05, 0) is 62.0 Å². The van der Waals surface area contributed by atoms with Crippen molar-refractivity contribution in [1.29, 1.82) is 0 Å². The van der Waals surface area contributed by atoms with Crippen LogP contribution in [0.2, 0.25) is 5.02 Å². The van der Waals surface area contributed by atoms with Gasteiger partial charge in [0.2, 0.25) is 17.7 Å². The molecule has 6 nitrogen and oxygen atoms in total. The Kier molecular flexibility index (Phi) is 5.75. The Hall–Kier alpha value is -2.22. The van der Waals surface area contributed by atoms with E-state index in [4.69, 9.17) is 16.0 Å². The van der Waals surface area contributed by atoms with Crippen molar-refractivity contribution >= 4 is 34.5 Å². The molecule has 0 unspecified atom stereocenters. The number of halogens is 1. The number of nitrogens with one attached hydrogen (secondary N) is 1. The van der Waals surface area contributed by atoms with Crippen LogP contribution in [-0.4, -0.2) is 40.6 Å². The maximum Gasteiger partial charge on any atom is 0.248 e. The van der Waals surface area contributed by atoms with Crippen LogP contribution in [0.15, 0.2) is 39.4 Å². The molecule has 0 spiro atoms. The first-order chi connectivity index (χ1) is 13.6. The minimum Gasteiger partial charge on any atom is -0.420 e. The zero-order valence-corrected chi connectivity index (χ0v) is 17.1. The quantitative estimate of drug-likeness (QED) is 0.659. The van der Waals surface area contributed by atoms with Gasteiger partial charge in [0, 0.05) is 27.6 Å². The molecule has 1 aromatic carbocycles. The number of likely N-dealkylation sites (tertiary alicyclic amines) is 1. The molecule has 2 aromatic heterocycles. The second-order valence-corrected chi connectivity index (χ2v) is 8.21. The molecule has 0 aliphatic carbocycles. The smallest absolute Gasteiger partial charge is 0.248 e. The number of hydrogen-bond acceptors (Lipinski definition) is 6. The summed E-state index contributed by atoms with van der Waals surface area (Å²) in [7, 11) is 0. The highest BCUT2D eigenvalue weighted by Crippen LogP contribution is 2.30. The molecule has 4 rings (SSSR count). The van der Waals surface area contributed by atoms with E-state index in [9.17, 15) is 4.79 Å². The van der Waals surface area contributed by atoms with Crippen molar-refractivity contribution in [3.63, 3.8) is 0 Å². The van der Waals surface area contributed by atoms with E-state index < -0.39 is 0 Å². The number of hydrogen-bond donors (Lipinski definition) is 1. The Labute approximate surface area is 172 Å². The highest BCUT2D eigenvalue weighted by molar-refractivity contribution is 7.08. The molecular formula is C20H21ClN4O2S. The summed E-state index contributed by atoms with van der Waals surface area (Å²) in [6.45, 7) is 3.94. The number of carbonyl (C=O) groups excluding carboxylic acids is 1. The zero-order chi connectivity index (χ0) is 19.5. The number of benzene rings is 1. The third-order valence-corrected chi connectivity index (χ3v) is 6.06. The average molecular weight is 417 g/mol. The molecule has 3 aromatic rings. The van der Waals surface area contributed by atoms with Gasteiger partial charge in [0.15, 0.2) is 0 Å². The molecule has 1 aliphatic heterocycles. The van der Waals surface area contributed by atoms with Crippen LogP contribution in [0.5, 0.6) is 0 Å². The molecule has 0 atom stereocenters. The zero-order valence-electron chi connectivity index (χ0n) is 15.5. The monoisotopic (exact) mass is 416 g/mol. The highest BCUT2D eigenvalue weighted by Gasteiger charge is 2.26. The van der Waals surface area contributed by atoms with Gasteiger partial charge in [0.1, 0.15) is 0 Å². The number of rotatable bonds is 5. The molecule has 8 heteroatoms. The SMILES string of the molecule is Cc1ccc(NC(=O)CN2CCC(c3nnc(-c4ccsc4)o3)CC2)cc1Cl. The largest absolute Gasteiger partial charge is 0.420 e. The molecular weight excluding hydrogens is 396 g/mol. The maximum absolute atomic E-state index is 12.3. The fraction of sp³-hybridized carbons (Fsp3) is 0.350. The number of anilines is 1. The number of nitrogens with zero attached hydrogens (tertiary/aromatic N) is 3. The van der Waals surface area contributed by atoms with Crippen LogP contribution in [0.1, 0.15) is 30.2 Å². The van der Waals surface area contributed by atoms with Crippen molar-refractivity contribution < 1.29 is 9.21 Å². The first-order valence-corrected chi connectivity index (χ1v) is 10.5. The van der Waals surface area contributed by atoms with Crippen molar-refractivity contribution in [1.82, 2.24) is 15.1 Å². The number of thiophene rings is 1. The maximum atomic E-state index is 12.3. The van der Waals surface area contributed by atoms with Gasteiger partial charge in [-0.25, -0.2) is 0 Å². The number of aromatic nitrogens is 2. The van der Waals surface area contributed by atoms with Crippen molar-refractivity contribution in [2.75, 3.05) is 25.0 Å². The molecule has 1 aliphatic rings. The van der Waals surface area contributed by atoms with E-state index in [1.807, 2.05) is 35.9 Å². The topological polar surface area (TPSA) is 71.3 Å². The normalized spacial score (nSPS) is 15.6. The molecule has 0 saturated carbocycles. The number of piperidine rings is 1. The fourth-order valence-corrected chi connectivity index (χ4v) is 4.12. The molecule has 0 bridgehead atoms. The molecule has 1 fully saturated rings. The van der Waals surface area contributed by atoms with Crippen molar-refractivity contribution in [2.24, 2.45) is 0 Å². The lowest BCUT2D eigenvalue weighted by Crippen LogP contribution is -2.38. The Morgan fingerprint density at radius 1 is 1.32 bits per heavy atom. The van der Waals surface area contributed by atoms with E-state index >= 15 is 0 Å². The van der Waals surface area contributed by atoms with Gasteiger partial charge in [0.25, 0.3) is 0 Å². The van der Waals surface area contributed by atoms with Gasteiger partial charge in [-0.2, -0.15) is 11.3 Å². The van der Waals surface area contributed by atoms with Crippen LogP contribution in [0.3, 0.4) is 0 Å². The van der Waals surface area contributed by atoms with E-state index in [1.165, 1.54) is 0 Å². The third-order valence-electron chi connectivity index (χ3n) is 4.97. The van der Waals surface area contributed by atoms with Crippen LogP contribution < -0.4 is 5.32 Å². The van der Waals surface area contributed by atoms with Gasteiger partial charge >= 0.3 is 0 Å². The second-order valence-electron chi connectivity index (χ2n) is 7.02. The lowest BCUT2D eigenvalue weighted by Gasteiger charge is -2.29. The summed E-state index contributed by atoms with van der Waals surface area (Å²) in [4.78, 5) is 14.5. The minimum atomic E-state index is -0.0316. The minimum absolute atomic E-state index is 0.0316.